The van der Waals surface area contributed by atoms with E-state index in [9.17, 15) is 14.0 Å². The molecule has 1 atom stereocenters. The van der Waals surface area contributed by atoms with Gasteiger partial charge in [0.15, 0.2) is 11.0 Å². The number of hydrogen-bond donors (Lipinski definition) is 1. The fourth-order valence-corrected chi connectivity index (χ4v) is 5.44. The molecule has 11 nitrogen and oxygen atoms in total. The minimum absolute atomic E-state index is 0.0407. The second-order valence-electron chi connectivity index (χ2n) is 9.82. The first kappa shape index (κ1) is 30.5. The van der Waals surface area contributed by atoms with E-state index in [0.29, 0.717) is 34.5 Å². The Hall–Kier alpha value is -4.91. The zero-order valence-corrected chi connectivity index (χ0v) is 25.4. The van der Waals surface area contributed by atoms with E-state index in [4.69, 9.17) is 14.2 Å². The van der Waals surface area contributed by atoms with Crippen LogP contribution in [-0.4, -0.2) is 64.4 Å². The number of methoxy groups -OCH3 is 3. The first-order chi connectivity index (χ1) is 21.3. The van der Waals surface area contributed by atoms with Gasteiger partial charge in [0, 0.05) is 25.1 Å². The molecule has 0 aliphatic carbocycles. The summed E-state index contributed by atoms with van der Waals surface area (Å²) in [7, 11) is 6.39. The molecule has 1 aliphatic rings. The van der Waals surface area contributed by atoms with Crippen LogP contribution in [-0.2, 0) is 18.4 Å². The lowest BCUT2D eigenvalue weighted by Gasteiger charge is -2.22. The predicted octanol–water partition coefficient (Wildman–Crippen LogP) is 4.38. The topological polar surface area (TPSA) is 120 Å². The van der Waals surface area contributed by atoms with E-state index in [0.717, 1.165) is 22.6 Å². The van der Waals surface area contributed by atoms with E-state index in [1.807, 2.05) is 24.3 Å². The second-order valence-corrected chi connectivity index (χ2v) is 10.8. The molecule has 0 fully saturated rings. The van der Waals surface area contributed by atoms with Gasteiger partial charge >= 0.3 is 0 Å². The van der Waals surface area contributed by atoms with E-state index >= 15 is 0 Å². The highest BCUT2D eigenvalue weighted by molar-refractivity contribution is 7.99. The fraction of sp³-hybridized carbons (Fsp3) is 0.258. The number of ether oxygens (including phenoxy) is 3. The van der Waals surface area contributed by atoms with E-state index < -0.39 is 0 Å². The van der Waals surface area contributed by atoms with Gasteiger partial charge in [-0.1, -0.05) is 23.9 Å². The summed E-state index contributed by atoms with van der Waals surface area (Å²) < 4.78 is 31.1. The lowest BCUT2D eigenvalue weighted by Crippen LogP contribution is -2.28. The molecule has 0 saturated carbocycles. The molecule has 1 N–H and O–H groups in total. The number of halogens is 1. The molecule has 228 valence electrons. The lowest BCUT2D eigenvalue weighted by atomic mass is 9.98. The molecule has 13 heteroatoms. The molecule has 0 spiro atoms. The summed E-state index contributed by atoms with van der Waals surface area (Å²) in [5, 5.41) is 17.9. The van der Waals surface area contributed by atoms with Crippen LogP contribution in [0.4, 0.5) is 4.39 Å². The highest BCUT2D eigenvalue weighted by atomic mass is 32.2. The monoisotopic (exact) mass is 618 g/mol. The number of nitrogens with zero attached hydrogens (tertiary/aromatic N) is 5. The zero-order chi connectivity index (χ0) is 31.2. The smallest absolute Gasteiger partial charge is 0.253 e. The van der Waals surface area contributed by atoms with Gasteiger partial charge in [0.2, 0.25) is 0 Å². The molecule has 4 aromatic rings. The largest absolute Gasteiger partial charge is 0.497 e. The number of nitrogens with one attached hydrogen (secondary N) is 1. The van der Waals surface area contributed by atoms with Crippen molar-refractivity contribution in [2.45, 2.75) is 24.2 Å². The van der Waals surface area contributed by atoms with Crippen LogP contribution in [0.1, 0.15) is 39.8 Å². The Labute approximate surface area is 258 Å². The summed E-state index contributed by atoms with van der Waals surface area (Å²) in [5.74, 6) is 1.34. The third-order valence-electron chi connectivity index (χ3n) is 7.11. The third-order valence-corrected chi connectivity index (χ3v) is 8.12. The molecular weight excluding hydrogens is 587 g/mol. The van der Waals surface area contributed by atoms with Gasteiger partial charge in [0.1, 0.15) is 23.1 Å². The Morgan fingerprint density at radius 3 is 2.23 bits per heavy atom. The van der Waals surface area contributed by atoms with E-state index in [-0.39, 0.29) is 36.0 Å². The van der Waals surface area contributed by atoms with Crippen molar-refractivity contribution in [1.82, 2.24) is 25.1 Å². The molecule has 5 rings (SSSR count). The molecule has 3 aromatic carbocycles. The summed E-state index contributed by atoms with van der Waals surface area (Å²) in [4.78, 5) is 26.3. The van der Waals surface area contributed by atoms with Crippen molar-refractivity contribution < 1.29 is 28.2 Å². The number of rotatable bonds is 11. The van der Waals surface area contributed by atoms with Crippen molar-refractivity contribution in [1.29, 1.82) is 0 Å². The SMILES string of the molecule is COc1ccc(C2=NN(C(=O)CSc3nnc(CNC(=O)c4cc(OC)cc(OC)c4)n3C)[C@H](c3ccc(F)cc3)C2)cc1. The number of amides is 2. The first-order valence-corrected chi connectivity index (χ1v) is 14.6. The summed E-state index contributed by atoms with van der Waals surface area (Å²) >= 11 is 1.21. The van der Waals surface area contributed by atoms with Crippen LogP contribution in [0, 0.1) is 5.82 Å². The van der Waals surface area contributed by atoms with Gasteiger partial charge in [-0.05, 0) is 59.7 Å². The van der Waals surface area contributed by atoms with Gasteiger partial charge in [-0.3, -0.25) is 9.59 Å². The maximum atomic E-state index is 13.7. The maximum absolute atomic E-state index is 13.7. The van der Waals surface area contributed by atoms with Crippen molar-refractivity contribution >= 4 is 29.3 Å². The quantitative estimate of drug-likeness (QED) is 0.246. The normalized spacial score (nSPS) is 14.2. The van der Waals surface area contributed by atoms with E-state index in [2.05, 4.69) is 20.6 Å². The van der Waals surface area contributed by atoms with Gasteiger partial charge < -0.3 is 24.1 Å². The molecule has 44 heavy (non-hydrogen) atoms. The summed E-state index contributed by atoms with van der Waals surface area (Å²) in [6.07, 6.45) is 0.474. The van der Waals surface area contributed by atoms with Crippen LogP contribution in [0.3, 0.4) is 0 Å². The maximum Gasteiger partial charge on any atom is 0.253 e. The molecule has 2 amide bonds. The Balaban J connectivity index is 1.26. The number of thioether (sulfide) groups is 1. The van der Waals surface area contributed by atoms with Crippen LogP contribution >= 0.6 is 11.8 Å². The van der Waals surface area contributed by atoms with Gasteiger partial charge in [0.05, 0.1) is 45.4 Å². The lowest BCUT2D eigenvalue weighted by molar-refractivity contribution is -0.130. The average Bonchev–Trinajstić information content (AvgIpc) is 3.66. The minimum Gasteiger partial charge on any atom is -0.497 e. The fourth-order valence-electron chi connectivity index (χ4n) is 4.66. The zero-order valence-electron chi connectivity index (χ0n) is 24.6. The van der Waals surface area contributed by atoms with Crippen molar-refractivity contribution in [2.24, 2.45) is 12.1 Å². The van der Waals surface area contributed by atoms with Crippen molar-refractivity contribution in [3.8, 4) is 17.2 Å². The molecule has 1 aliphatic heterocycles. The molecule has 2 heterocycles. The van der Waals surface area contributed by atoms with Crippen LogP contribution in [0.2, 0.25) is 0 Å². The highest BCUT2D eigenvalue weighted by Gasteiger charge is 2.33. The average molecular weight is 619 g/mol. The number of aromatic nitrogens is 3. The highest BCUT2D eigenvalue weighted by Crippen LogP contribution is 2.34. The number of hydrazone groups is 1. The number of carbonyl (C=O) groups excluding carboxylic acids is 2. The van der Waals surface area contributed by atoms with Crippen LogP contribution in [0.25, 0.3) is 0 Å². The second kappa shape index (κ2) is 13.6. The molecule has 0 unspecified atom stereocenters. The Morgan fingerprint density at radius 2 is 1.59 bits per heavy atom. The van der Waals surface area contributed by atoms with Gasteiger partial charge in [-0.25, -0.2) is 9.40 Å². The molecule has 1 aromatic heterocycles. The summed E-state index contributed by atoms with van der Waals surface area (Å²) in [5.41, 5.74) is 2.76. The predicted molar refractivity (Wildman–Crippen MR) is 163 cm³/mol. The molecule has 0 radical (unpaired) electrons. The first-order valence-electron chi connectivity index (χ1n) is 13.6. The third kappa shape index (κ3) is 6.83. The Morgan fingerprint density at radius 1 is 0.932 bits per heavy atom. The standard InChI is InChI=1S/C31H31FN6O5S/c1-37-28(17-33-30(40)21-13-24(42-3)15-25(14-21)43-4)34-35-31(37)44-18-29(39)38-27(20-5-9-22(32)10-6-20)16-26(36-38)19-7-11-23(41-2)12-8-19/h5-15,27H,16-18H2,1-4H3,(H,33,40)/t27-/m0/s1. The van der Waals surface area contributed by atoms with Gasteiger partial charge in [-0.15, -0.1) is 10.2 Å². The van der Waals surface area contributed by atoms with Gasteiger partial charge in [0.25, 0.3) is 11.8 Å². The van der Waals surface area contributed by atoms with E-state index in [1.165, 1.54) is 43.1 Å². The van der Waals surface area contributed by atoms with Crippen molar-refractivity contribution in [3.05, 3.63) is 95.1 Å². The van der Waals surface area contributed by atoms with Crippen LogP contribution in [0.5, 0.6) is 17.2 Å². The number of carbonyl (C=O) groups is 2. The number of hydrogen-bond acceptors (Lipinski definition) is 9. The Bertz CT molecular complexity index is 1650. The molecular formula is C31H31FN6O5S. The van der Waals surface area contributed by atoms with Crippen LogP contribution < -0.4 is 19.5 Å². The van der Waals surface area contributed by atoms with Gasteiger partial charge in [-0.2, -0.15) is 5.10 Å². The summed E-state index contributed by atoms with van der Waals surface area (Å²) in [6, 6.07) is 18.1. The molecule has 0 bridgehead atoms. The minimum atomic E-state index is -0.388. The molecule has 0 saturated heterocycles. The summed E-state index contributed by atoms with van der Waals surface area (Å²) in [6.45, 7) is 0.116. The van der Waals surface area contributed by atoms with Crippen molar-refractivity contribution in [3.63, 3.8) is 0 Å². The van der Waals surface area contributed by atoms with Crippen molar-refractivity contribution in [2.75, 3.05) is 27.1 Å². The number of benzene rings is 3. The Kier molecular flexibility index (Phi) is 9.44. The van der Waals surface area contributed by atoms with Crippen LogP contribution in [0.15, 0.2) is 77.0 Å². The van der Waals surface area contributed by atoms with E-state index in [1.54, 1.807) is 49.1 Å².